The topological polar surface area (TPSA) is 67.7 Å². The first-order valence-corrected chi connectivity index (χ1v) is 14.0. The lowest BCUT2D eigenvalue weighted by Gasteiger charge is -2.44. The molecule has 1 aromatic heterocycles. The second-order valence-electron chi connectivity index (χ2n) is 11.1. The fourth-order valence-electron chi connectivity index (χ4n) is 6.28. The summed E-state index contributed by atoms with van der Waals surface area (Å²) in [5.74, 6) is -0.141. The maximum atomic E-state index is 15.2. The van der Waals surface area contributed by atoms with Crippen LogP contribution in [0.25, 0.3) is 22.0 Å². The molecule has 0 N–H and O–H groups in total. The monoisotopic (exact) mass is 552 g/mol. The molecule has 1 amide bonds. The molecule has 4 heterocycles. The Morgan fingerprint density at radius 3 is 2.54 bits per heavy atom. The van der Waals surface area contributed by atoms with Gasteiger partial charge in [0, 0.05) is 70.4 Å². The van der Waals surface area contributed by atoms with E-state index in [0.29, 0.717) is 61.1 Å². The molecule has 0 radical (unpaired) electrons. The van der Waals surface area contributed by atoms with Gasteiger partial charge in [-0.25, -0.2) is 13.6 Å². The largest absolute Gasteiger partial charge is 0.380 e. The number of anilines is 1. The van der Waals surface area contributed by atoms with E-state index in [1.54, 1.807) is 16.3 Å². The predicted octanol–water partition coefficient (Wildman–Crippen LogP) is 4.38. The molecule has 0 unspecified atom stereocenters. The summed E-state index contributed by atoms with van der Waals surface area (Å²) in [5.41, 5.74) is 1.91. The van der Waals surface area contributed by atoms with Gasteiger partial charge in [0.1, 0.15) is 17.5 Å². The third kappa shape index (κ3) is 4.15. The molecule has 39 heavy (non-hydrogen) atoms. The molecule has 204 valence electrons. The summed E-state index contributed by atoms with van der Waals surface area (Å²) >= 11 is 1.60. The van der Waals surface area contributed by atoms with Crippen molar-refractivity contribution in [1.82, 2.24) is 14.5 Å². The Morgan fingerprint density at radius 2 is 1.92 bits per heavy atom. The van der Waals surface area contributed by atoms with Crippen LogP contribution in [-0.2, 0) is 16.1 Å². The number of rotatable bonds is 3. The van der Waals surface area contributed by atoms with E-state index in [0.717, 1.165) is 21.9 Å². The summed E-state index contributed by atoms with van der Waals surface area (Å²) in [6.45, 7) is 12.0. The van der Waals surface area contributed by atoms with Crippen LogP contribution < -0.4 is 10.6 Å². The molecule has 0 saturated carbocycles. The van der Waals surface area contributed by atoms with Gasteiger partial charge in [-0.1, -0.05) is 6.58 Å². The number of halogens is 2. The minimum Gasteiger partial charge on any atom is -0.380 e. The lowest BCUT2D eigenvalue weighted by Crippen LogP contribution is -2.58. The second-order valence-corrected chi connectivity index (χ2v) is 12.0. The van der Waals surface area contributed by atoms with E-state index < -0.39 is 11.6 Å². The standard InChI is InChI=1S/C29H30F2N4O3S/c1-5-23(36)35-17(3)10-33(11-18(35)4)27-21-8-16(2)24(20-7-6-19(30)9-22(20)31)26-25(21)34(28(37)32-27)12-29(15-39-26)13-38-14-29/h5-9,17-18H,1,10-15H2,2-4H3/t17-,18+. The fourth-order valence-corrected chi connectivity index (χ4v) is 7.77. The molecule has 2 atom stereocenters. The van der Waals surface area contributed by atoms with Crippen LogP contribution >= 0.6 is 11.8 Å². The quantitative estimate of drug-likeness (QED) is 0.450. The van der Waals surface area contributed by atoms with E-state index >= 15 is 4.39 Å². The number of carbonyl (C=O) groups excluding carboxylic acids is 1. The molecule has 10 heteroatoms. The first-order valence-electron chi connectivity index (χ1n) is 13.1. The van der Waals surface area contributed by atoms with E-state index in [1.807, 2.05) is 31.7 Å². The number of aromatic nitrogens is 2. The molecule has 2 fully saturated rings. The van der Waals surface area contributed by atoms with Gasteiger partial charge in [0.25, 0.3) is 0 Å². The van der Waals surface area contributed by atoms with Gasteiger partial charge in [0.05, 0.1) is 18.7 Å². The first-order chi connectivity index (χ1) is 18.6. The van der Waals surface area contributed by atoms with Crippen LogP contribution in [0.4, 0.5) is 14.6 Å². The summed E-state index contributed by atoms with van der Waals surface area (Å²) < 4.78 is 36.2. The van der Waals surface area contributed by atoms with Gasteiger partial charge < -0.3 is 14.5 Å². The maximum absolute atomic E-state index is 15.2. The Kier molecular flexibility index (Phi) is 6.30. The van der Waals surface area contributed by atoms with Crippen LogP contribution in [0.2, 0.25) is 0 Å². The molecule has 6 rings (SSSR count). The van der Waals surface area contributed by atoms with Crippen molar-refractivity contribution in [3.63, 3.8) is 0 Å². The zero-order valence-electron chi connectivity index (χ0n) is 22.2. The highest BCUT2D eigenvalue weighted by molar-refractivity contribution is 7.99. The summed E-state index contributed by atoms with van der Waals surface area (Å²) in [6.07, 6.45) is 1.33. The van der Waals surface area contributed by atoms with Gasteiger partial charge in [-0.15, -0.1) is 11.8 Å². The van der Waals surface area contributed by atoms with Gasteiger partial charge in [-0.2, -0.15) is 4.98 Å². The van der Waals surface area contributed by atoms with Crippen LogP contribution in [-0.4, -0.2) is 64.5 Å². The molecular formula is C29H30F2N4O3S. The molecule has 3 aliphatic heterocycles. The molecule has 2 aromatic carbocycles. The Hall–Kier alpha value is -3.24. The van der Waals surface area contributed by atoms with Gasteiger partial charge in [0.15, 0.2) is 0 Å². The highest BCUT2D eigenvalue weighted by Gasteiger charge is 2.43. The van der Waals surface area contributed by atoms with Gasteiger partial charge in [-0.05, 0) is 50.6 Å². The Bertz CT molecular complexity index is 1570. The molecule has 0 bridgehead atoms. The SMILES string of the molecule is C=CC(=O)N1[C@H](C)CN(c2nc(=O)n3c4c(c(-c5ccc(F)cc5F)c(C)cc24)SCC2(COC2)C3)C[C@@H]1C. The van der Waals surface area contributed by atoms with Gasteiger partial charge in [-0.3, -0.25) is 9.36 Å². The van der Waals surface area contributed by atoms with Crippen LogP contribution in [0.15, 0.2) is 46.6 Å². The third-order valence-corrected chi connectivity index (χ3v) is 9.52. The number of thioether (sulfide) groups is 1. The van der Waals surface area contributed by atoms with Crippen LogP contribution in [0, 0.1) is 24.0 Å². The van der Waals surface area contributed by atoms with E-state index in [1.165, 1.54) is 18.2 Å². The van der Waals surface area contributed by atoms with Crippen molar-refractivity contribution in [1.29, 1.82) is 0 Å². The zero-order valence-corrected chi connectivity index (χ0v) is 23.0. The number of carbonyl (C=O) groups is 1. The number of hydrogen-bond acceptors (Lipinski definition) is 6. The molecule has 2 saturated heterocycles. The Labute approximate surface area is 229 Å². The average molecular weight is 553 g/mol. The van der Waals surface area contributed by atoms with Crippen molar-refractivity contribution in [2.75, 3.05) is 37.0 Å². The van der Waals surface area contributed by atoms with Crippen LogP contribution in [0.5, 0.6) is 0 Å². The van der Waals surface area contributed by atoms with Crippen molar-refractivity contribution in [2.24, 2.45) is 5.41 Å². The highest BCUT2D eigenvalue weighted by Crippen LogP contribution is 2.48. The van der Waals surface area contributed by atoms with E-state index in [2.05, 4.69) is 16.5 Å². The smallest absolute Gasteiger partial charge is 0.350 e. The third-order valence-electron chi connectivity index (χ3n) is 8.08. The predicted molar refractivity (Wildman–Crippen MR) is 148 cm³/mol. The van der Waals surface area contributed by atoms with Gasteiger partial charge >= 0.3 is 5.69 Å². The summed E-state index contributed by atoms with van der Waals surface area (Å²) in [5, 5.41) is 0.807. The van der Waals surface area contributed by atoms with Crippen molar-refractivity contribution in [3.8, 4) is 11.1 Å². The number of piperazine rings is 1. The second kappa shape index (κ2) is 9.45. The highest BCUT2D eigenvalue weighted by atomic mass is 32.2. The number of amides is 1. The van der Waals surface area contributed by atoms with Crippen molar-refractivity contribution < 1.29 is 18.3 Å². The summed E-state index contributed by atoms with van der Waals surface area (Å²) in [7, 11) is 0. The number of ether oxygens (including phenoxy) is 1. The normalized spacial score (nSPS) is 22.1. The molecule has 3 aromatic rings. The molecule has 7 nitrogen and oxygen atoms in total. The first kappa shape index (κ1) is 26.0. The number of nitrogens with zero attached hydrogens (tertiary/aromatic N) is 4. The molecular weight excluding hydrogens is 522 g/mol. The zero-order chi connectivity index (χ0) is 27.6. The van der Waals surface area contributed by atoms with E-state index in [9.17, 15) is 14.0 Å². The Balaban J connectivity index is 1.58. The van der Waals surface area contributed by atoms with Crippen molar-refractivity contribution in [2.45, 2.75) is 44.3 Å². The minimum absolute atomic E-state index is 0.118. The van der Waals surface area contributed by atoms with Gasteiger partial charge in [0.2, 0.25) is 5.91 Å². The van der Waals surface area contributed by atoms with E-state index in [-0.39, 0.29) is 29.1 Å². The number of hydrogen-bond donors (Lipinski definition) is 0. The lowest BCUT2D eigenvalue weighted by molar-refractivity contribution is -0.130. The van der Waals surface area contributed by atoms with Crippen LogP contribution in [0.3, 0.4) is 0 Å². The minimum atomic E-state index is -0.644. The summed E-state index contributed by atoms with van der Waals surface area (Å²) in [6, 6.07) is 5.34. The fraction of sp³-hybridized carbons (Fsp3) is 0.414. The Morgan fingerprint density at radius 1 is 1.21 bits per heavy atom. The van der Waals surface area contributed by atoms with Crippen molar-refractivity contribution >= 4 is 34.4 Å². The summed E-state index contributed by atoms with van der Waals surface area (Å²) in [4.78, 5) is 35.5. The lowest BCUT2D eigenvalue weighted by atomic mass is 9.88. The maximum Gasteiger partial charge on any atom is 0.350 e. The average Bonchev–Trinajstić information content (AvgIpc) is 3.05. The molecule has 1 spiro atoms. The molecule has 3 aliphatic rings. The number of aryl methyl sites for hydroxylation is 1. The number of benzene rings is 2. The van der Waals surface area contributed by atoms with E-state index in [4.69, 9.17) is 4.74 Å². The van der Waals surface area contributed by atoms with Crippen molar-refractivity contribution in [3.05, 3.63) is 64.6 Å². The van der Waals surface area contributed by atoms with Crippen LogP contribution in [0.1, 0.15) is 19.4 Å². The molecule has 0 aliphatic carbocycles.